The number of hydrogen-bond acceptors (Lipinski definition) is 4. The van der Waals surface area contributed by atoms with E-state index in [4.69, 9.17) is 9.47 Å². The van der Waals surface area contributed by atoms with Crippen molar-refractivity contribution in [3.8, 4) is 0 Å². The van der Waals surface area contributed by atoms with Crippen molar-refractivity contribution in [2.75, 3.05) is 54.1 Å². The second-order valence-corrected chi connectivity index (χ2v) is 4.69. The molecule has 0 aromatic heterocycles. The van der Waals surface area contributed by atoms with Crippen LogP contribution in [0.3, 0.4) is 0 Å². The molecule has 0 radical (unpaired) electrons. The minimum absolute atomic E-state index is 0.164. The van der Waals surface area contributed by atoms with Crippen LogP contribution >= 0.6 is 0 Å². The fourth-order valence-corrected chi connectivity index (χ4v) is 1.45. The molecule has 0 atom stereocenters. The van der Waals surface area contributed by atoms with Gasteiger partial charge in [-0.15, -0.1) is 0 Å². The quantitative estimate of drug-likeness (QED) is 0.584. The number of carbonyl (C=O) groups excluding carboxylic acids is 1. The van der Waals surface area contributed by atoms with Crippen LogP contribution in [0.4, 0.5) is 0 Å². The Hall–Kier alpha value is -0.650. The molecule has 0 aromatic carbocycles. The lowest BCUT2D eigenvalue weighted by Crippen LogP contribution is -2.39. The Kier molecular flexibility index (Phi) is 9.92. The third kappa shape index (κ3) is 7.63. The monoisotopic (exact) mass is 260 g/mol. The van der Waals surface area contributed by atoms with Gasteiger partial charge in [-0.1, -0.05) is 0 Å². The van der Waals surface area contributed by atoms with Crippen LogP contribution in [-0.4, -0.2) is 75.9 Å². The predicted octanol–water partition coefficient (Wildman–Crippen LogP) is 0.838. The first-order valence-corrected chi connectivity index (χ1v) is 6.48. The van der Waals surface area contributed by atoms with Crippen molar-refractivity contribution in [1.82, 2.24) is 9.80 Å². The normalized spacial score (nSPS) is 11.3. The average molecular weight is 260 g/mol. The predicted molar refractivity (Wildman–Crippen MR) is 72.7 cm³/mol. The van der Waals surface area contributed by atoms with Gasteiger partial charge in [-0.2, -0.15) is 0 Å². The maximum atomic E-state index is 12.1. The highest BCUT2D eigenvalue weighted by Gasteiger charge is 2.14. The zero-order valence-corrected chi connectivity index (χ0v) is 12.4. The molecule has 0 unspecified atom stereocenters. The van der Waals surface area contributed by atoms with Crippen molar-refractivity contribution in [3.63, 3.8) is 0 Å². The molecule has 18 heavy (non-hydrogen) atoms. The molecule has 0 saturated heterocycles. The van der Waals surface area contributed by atoms with Crippen LogP contribution in [0.5, 0.6) is 0 Å². The van der Waals surface area contributed by atoms with E-state index in [1.165, 1.54) is 0 Å². The highest BCUT2D eigenvalue weighted by molar-refractivity contribution is 5.76. The molecule has 0 rings (SSSR count). The second kappa shape index (κ2) is 10.3. The lowest BCUT2D eigenvalue weighted by molar-refractivity contribution is -0.132. The average Bonchev–Trinajstić information content (AvgIpc) is 2.35. The summed E-state index contributed by atoms with van der Waals surface area (Å²) in [5, 5.41) is 0. The summed E-state index contributed by atoms with van der Waals surface area (Å²) in [4.78, 5) is 16.0. The number of ether oxygens (including phenoxy) is 2. The van der Waals surface area contributed by atoms with Crippen molar-refractivity contribution in [2.24, 2.45) is 0 Å². The number of nitrogens with zero attached hydrogens (tertiary/aromatic N) is 2. The van der Waals surface area contributed by atoms with E-state index in [2.05, 4.69) is 18.7 Å². The fraction of sp³-hybridized carbons (Fsp3) is 0.923. The summed E-state index contributed by atoms with van der Waals surface area (Å²) in [5.41, 5.74) is 0. The van der Waals surface area contributed by atoms with E-state index < -0.39 is 0 Å². The number of rotatable bonds is 10. The molecular weight excluding hydrogens is 232 g/mol. The number of carbonyl (C=O) groups is 1. The van der Waals surface area contributed by atoms with Gasteiger partial charge in [0.2, 0.25) is 5.91 Å². The molecule has 0 bridgehead atoms. The van der Waals surface area contributed by atoms with Crippen LogP contribution in [0.1, 0.15) is 20.3 Å². The van der Waals surface area contributed by atoms with Gasteiger partial charge >= 0.3 is 0 Å². The van der Waals surface area contributed by atoms with E-state index in [1.807, 2.05) is 7.05 Å². The molecule has 0 aliphatic rings. The Bertz CT molecular complexity index is 214. The zero-order valence-electron chi connectivity index (χ0n) is 12.4. The molecule has 5 heteroatoms. The third-order valence-electron chi connectivity index (χ3n) is 3.04. The SMILES string of the molecule is COCCN(CCOC)C(=O)CCN(C)C(C)C. The van der Waals surface area contributed by atoms with Gasteiger partial charge in [-0.25, -0.2) is 0 Å². The molecule has 0 heterocycles. The molecule has 0 saturated carbocycles. The van der Waals surface area contributed by atoms with Gasteiger partial charge in [-0.3, -0.25) is 4.79 Å². The van der Waals surface area contributed by atoms with Crippen LogP contribution in [0.15, 0.2) is 0 Å². The molecule has 0 aliphatic heterocycles. The van der Waals surface area contributed by atoms with Crippen molar-refractivity contribution in [3.05, 3.63) is 0 Å². The summed E-state index contributed by atoms with van der Waals surface area (Å²) in [6.45, 7) is 7.42. The van der Waals surface area contributed by atoms with Crippen LogP contribution in [-0.2, 0) is 14.3 Å². The van der Waals surface area contributed by atoms with E-state index in [9.17, 15) is 4.79 Å². The van der Waals surface area contributed by atoms with E-state index in [-0.39, 0.29) is 5.91 Å². The lowest BCUT2D eigenvalue weighted by atomic mass is 10.3. The Balaban J connectivity index is 4.10. The summed E-state index contributed by atoms with van der Waals surface area (Å²) < 4.78 is 10.0. The molecule has 0 N–H and O–H groups in total. The van der Waals surface area contributed by atoms with Gasteiger partial charge in [0, 0.05) is 46.3 Å². The smallest absolute Gasteiger partial charge is 0.224 e. The second-order valence-electron chi connectivity index (χ2n) is 4.69. The van der Waals surface area contributed by atoms with Crippen LogP contribution in [0, 0.1) is 0 Å². The first-order chi connectivity index (χ1) is 8.52. The Labute approximate surface area is 111 Å². The van der Waals surface area contributed by atoms with Crippen molar-refractivity contribution in [2.45, 2.75) is 26.3 Å². The Morgan fingerprint density at radius 1 is 1.06 bits per heavy atom. The molecule has 108 valence electrons. The first-order valence-electron chi connectivity index (χ1n) is 6.48. The maximum Gasteiger partial charge on any atom is 0.224 e. The summed E-state index contributed by atoms with van der Waals surface area (Å²) in [7, 11) is 5.32. The van der Waals surface area contributed by atoms with Crippen molar-refractivity contribution in [1.29, 1.82) is 0 Å². The highest BCUT2D eigenvalue weighted by atomic mass is 16.5. The topological polar surface area (TPSA) is 42.0 Å². The molecule has 0 aliphatic carbocycles. The molecule has 5 nitrogen and oxygen atoms in total. The largest absolute Gasteiger partial charge is 0.383 e. The fourth-order valence-electron chi connectivity index (χ4n) is 1.45. The van der Waals surface area contributed by atoms with Crippen LogP contribution < -0.4 is 0 Å². The summed E-state index contributed by atoms with van der Waals surface area (Å²) in [6.07, 6.45) is 0.544. The number of amides is 1. The molecule has 0 aromatic rings. The van der Waals surface area contributed by atoms with E-state index >= 15 is 0 Å². The van der Waals surface area contributed by atoms with E-state index in [0.29, 0.717) is 38.8 Å². The van der Waals surface area contributed by atoms with Gasteiger partial charge in [0.15, 0.2) is 0 Å². The first kappa shape index (κ1) is 17.4. The number of methoxy groups -OCH3 is 2. The van der Waals surface area contributed by atoms with Gasteiger partial charge in [0.1, 0.15) is 0 Å². The van der Waals surface area contributed by atoms with Gasteiger partial charge in [-0.05, 0) is 20.9 Å². The van der Waals surface area contributed by atoms with Gasteiger partial charge in [0.05, 0.1) is 13.2 Å². The summed E-state index contributed by atoms with van der Waals surface area (Å²) >= 11 is 0. The highest BCUT2D eigenvalue weighted by Crippen LogP contribution is 2.00. The zero-order chi connectivity index (χ0) is 14.0. The minimum atomic E-state index is 0.164. The van der Waals surface area contributed by atoms with Crippen molar-refractivity contribution < 1.29 is 14.3 Å². The lowest BCUT2D eigenvalue weighted by Gasteiger charge is -2.25. The summed E-state index contributed by atoms with van der Waals surface area (Å²) in [5.74, 6) is 0.164. The molecule has 0 spiro atoms. The maximum absolute atomic E-state index is 12.1. The standard InChI is InChI=1S/C13H28N2O3/c1-12(2)14(3)7-6-13(16)15(8-10-17-4)9-11-18-5/h12H,6-11H2,1-5H3. The van der Waals surface area contributed by atoms with Crippen LogP contribution in [0.25, 0.3) is 0 Å². The van der Waals surface area contributed by atoms with E-state index in [0.717, 1.165) is 6.54 Å². The molecular formula is C13H28N2O3. The van der Waals surface area contributed by atoms with Gasteiger partial charge in [0.25, 0.3) is 0 Å². The third-order valence-corrected chi connectivity index (χ3v) is 3.04. The Morgan fingerprint density at radius 2 is 1.56 bits per heavy atom. The van der Waals surface area contributed by atoms with Crippen molar-refractivity contribution >= 4 is 5.91 Å². The Morgan fingerprint density at radius 3 is 1.94 bits per heavy atom. The van der Waals surface area contributed by atoms with Crippen LogP contribution in [0.2, 0.25) is 0 Å². The molecule has 0 fully saturated rings. The number of hydrogen-bond donors (Lipinski definition) is 0. The van der Waals surface area contributed by atoms with Gasteiger partial charge < -0.3 is 19.3 Å². The van der Waals surface area contributed by atoms with E-state index in [1.54, 1.807) is 19.1 Å². The minimum Gasteiger partial charge on any atom is -0.383 e. The summed E-state index contributed by atoms with van der Waals surface area (Å²) in [6, 6.07) is 0.462. The molecule has 1 amide bonds.